The fourth-order valence-electron chi connectivity index (χ4n) is 0.947. The van der Waals surface area contributed by atoms with Crippen LogP contribution in [0.15, 0.2) is 48.6 Å². The van der Waals surface area contributed by atoms with E-state index in [1.165, 1.54) is 0 Å². The molecule has 0 bridgehead atoms. The van der Waals surface area contributed by atoms with Gasteiger partial charge in [0.25, 0.3) is 0 Å². The predicted octanol–water partition coefficient (Wildman–Crippen LogP) is 2.24. The van der Waals surface area contributed by atoms with Crippen LogP contribution in [-0.2, 0) is 0 Å². The van der Waals surface area contributed by atoms with Crippen molar-refractivity contribution in [3.8, 4) is 72.1 Å². The molecule has 2 N–H and O–H groups in total. The highest BCUT2D eigenvalue weighted by Crippen LogP contribution is 1.83. The predicted molar refractivity (Wildman–Crippen MR) is 109 cm³/mol. The van der Waals surface area contributed by atoms with Crippen LogP contribution in [0.25, 0.3) is 0 Å². The van der Waals surface area contributed by atoms with Crippen LogP contribution in [-0.4, -0.2) is 22.4 Å². The number of aliphatic hydroxyl groups excluding tert-OH is 2. The Morgan fingerprint density at radius 1 is 0.615 bits per heavy atom. The van der Waals surface area contributed by atoms with Crippen LogP contribution in [0, 0.1) is 72.1 Å². The van der Waals surface area contributed by atoms with Crippen molar-refractivity contribution in [2.45, 2.75) is 26.1 Å². The maximum absolute atomic E-state index is 8.82. The molecule has 0 rings (SSSR count). The van der Waals surface area contributed by atoms with Crippen LogP contribution in [0.2, 0.25) is 0 Å². The highest BCUT2D eigenvalue weighted by molar-refractivity contribution is 5.37. The molecule has 128 valence electrons. The average molecular weight is 340 g/mol. The summed E-state index contributed by atoms with van der Waals surface area (Å²) < 4.78 is 0. The van der Waals surface area contributed by atoms with Crippen molar-refractivity contribution in [2.24, 2.45) is 0 Å². The summed E-state index contributed by atoms with van der Waals surface area (Å²) >= 11 is 0. The Morgan fingerprint density at radius 3 is 1.31 bits per heavy atom. The molecule has 0 aliphatic rings. The third-order valence-corrected chi connectivity index (χ3v) is 1.90. The second kappa shape index (κ2) is 21.2. The second-order valence-electron chi connectivity index (χ2n) is 4.30. The number of rotatable bonds is 4. The van der Waals surface area contributed by atoms with Crippen LogP contribution in [0.5, 0.6) is 0 Å². The van der Waals surface area contributed by atoms with E-state index in [2.05, 4.69) is 59.2 Å². The van der Waals surface area contributed by atoms with Gasteiger partial charge in [-0.05, 0) is 73.4 Å². The minimum absolute atomic E-state index is 0.432. The Balaban J connectivity index is 0. The Labute approximate surface area is 157 Å². The van der Waals surface area contributed by atoms with Crippen LogP contribution >= 0.6 is 0 Å². The fraction of sp³-hybridized carbons (Fsp3) is 0.167. The molecule has 2 heteroatoms. The van der Waals surface area contributed by atoms with Gasteiger partial charge in [-0.3, -0.25) is 0 Å². The molecule has 0 aromatic rings. The van der Waals surface area contributed by atoms with Gasteiger partial charge in [-0.1, -0.05) is 48.3 Å². The van der Waals surface area contributed by atoms with Crippen molar-refractivity contribution in [1.29, 1.82) is 0 Å². The quantitative estimate of drug-likeness (QED) is 0.609. The lowest BCUT2D eigenvalue weighted by Crippen LogP contribution is -1.90. The number of allylic oxidation sites excluding steroid dienone is 6. The molecule has 0 aromatic heterocycles. The fourth-order valence-corrected chi connectivity index (χ4v) is 0.947. The standard InChI is InChI=1S/2C12H10O/c2*1-3-4-5-6-7-8-9-10-11-12(2)13/h2*1,8-13H,2H3/b9-8+,11-10+;9-8-,11-10+. The zero-order valence-electron chi connectivity index (χ0n) is 14.8. The lowest BCUT2D eigenvalue weighted by atomic mass is 10.3. The summed E-state index contributed by atoms with van der Waals surface area (Å²) in [5.74, 6) is 24.4. The normalized spacial score (nSPS) is 11.2. The summed E-state index contributed by atoms with van der Waals surface area (Å²) in [5.41, 5.74) is 0. The van der Waals surface area contributed by atoms with Gasteiger partial charge in [-0.2, -0.15) is 0 Å². The molecule has 2 atom stereocenters. The largest absolute Gasteiger partial charge is 0.389 e. The molecule has 26 heavy (non-hydrogen) atoms. The Kier molecular flexibility index (Phi) is 20.0. The molecule has 0 heterocycles. The Hall–Kier alpha value is -3.76. The van der Waals surface area contributed by atoms with Crippen LogP contribution in [0.4, 0.5) is 0 Å². The highest BCUT2D eigenvalue weighted by atomic mass is 16.3. The molecular formula is C24H20O2. The van der Waals surface area contributed by atoms with E-state index in [4.69, 9.17) is 23.1 Å². The van der Waals surface area contributed by atoms with E-state index in [1.807, 2.05) is 0 Å². The van der Waals surface area contributed by atoms with Crippen molar-refractivity contribution in [3.05, 3.63) is 48.6 Å². The summed E-state index contributed by atoms with van der Waals surface area (Å²) in [6.45, 7) is 3.35. The molecule has 0 aromatic carbocycles. The van der Waals surface area contributed by atoms with Gasteiger partial charge in [0.05, 0.1) is 12.2 Å². The van der Waals surface area contributed by atoms with Crippen molar-refractivity contribution >= 4 is 0 Å². The summed E-state index contributed by atoms with van der Waals surface area (Å²) in [4.78, 5) is 0. The van der Waals surface area contributed by atoms with E-state index >= 15 is 0 Å². The average Bonchev–Trinajstić information content (AvgIpc) is 2.60. The number of hydrogen-bond acceptors (Lipinski definition) is 2. The first-order valence-electron chi connectivity index (χ1n) is 7.49. The minimum Gasteiger partial charge on any atom is -0.389 e. The van der Waals surface area contributed by atoms with E-state index in [1.54, 1.807) is 62.5 Å². The molecule has 0 saturated carbocycles. The van der Waals surface area contributed by atoms with Gasteiger partial charge < -0.3 is 10.2 Å². The second-order valence-corrected chi connectivity index (χ2v) is 4.30. The van der Waals surface area contributed by atoms with E-state index in [0.29, 0.717) is 0 Å². The molecule has 0 radical (unpaired) electrons. The topological polar surface area (TPSA) is 40.5 Å². The number of hydrogen-bond donors (Lipinski definition) is 2. The molecule has 2 unspecified atom stereocenters. The van der Waals surface area contributed by atoms with E-state index in [0.717, 1.165) is 0 Å². The van der Waals surface area contributed by atoms with Crippen molar-refractivity contribution < 1.29 is 10.2 Å². The van der Waals surface area contributed by atoms with E-state index < -0.39 is 12.2 Å². The Morgan fingerprint density at radius 2 is 1.00 bits per heavy atom. The first-order chi connectivity index (χ1) is 12.5. The SMILES string of the molecule is C#CC#CC#C/C=C/C=C/C(C)O.C#CC#CC#C/C=C\C=C\C(C)O. The maximum Gasteiger partial charge on any atom is 0.0695 e. The molecule has 0 aliphatic heterocycles. The number of aliphatic hydroxyl groups is 2. The van der Waals surface area contributed by atoms with Gasteiger partial charge in [0.1, 0.15) is 0 Å². The van der Waals surface area contributed by atoms with Crippen LogP contribution in [0.1, 0.15) is 13.8 Å². The van der Waals surface area contributed by atoms with Gasteiger partial charge in [0.2, 0.25) is 0 Å². The zero-order valence-corrected chi connectivity index (χ0v) is 14.8. The third kappa shape index (κ3) is 28.4. The molecule has 0 amide bonds. The summed E-state index contributed by atoms with van der Waals surface area (Å²) in [5, 5.41) is 17.6. The molecule has 0 spiro atoms. The van der Waals surface area contributed by atoms with Gasteiger partial charge >= 0.3 is 0 Å². The van der Waals surface area contributed by atoms with Gasteiger partial charge in [-0.25, -0.2) is 0 Å². The van der Waals surface area contributed by atoms with E-state index in [9.17, 15) is 0 Å². The number of terminal acetylenes is 2. The lowest BCUT2D eigenvalue weighted by Gasteiger charge is -1.88. The third-order valence-electron chi connectivity index (χ3n) is 1.90. The molecule has 0 fully saturated rings. The smallest absolute Gasteiger partial charge is 0.0695 e. The molecule has 0 aliphatic carbocycles. The molecule has 2 nitrogen and oxygen atoms in total. The maximum atomic E-state index is 8.82. The lowest BCUT2D eigenvalue weighted by molar-refractivity contribution is 0.243. The van der Waals surface area contributed by atoms with Crippen LogP contribution in [0.3, 0.4) is 0 Å². The monoisotopic (exact) mass is 340 g/mol. The van der Waals surface area contributed by atoms with Crippen molar-refractivity contribution in [3.63, 3.8) is 0 Å². The first-order valence-corrected chi connectivity index (χ1v) is 7.49. The highest BCUT2D eigenvalue weighted by Gasteiger charge is 1.80. The van der Waals surface area contributed by atoms with Crippen molar-refractivity contribution in [1.82, 2.24) is 0 Å². The summed E-state index contributed by atoms with van der Waals surface area (Å²) in [7, 11) is 0. The van der Waals surface area contributed by atoms with E-state index in [-0.39, 0.29) is 0 Å². The Bertz CT molecular complexity index is 759. The summed E-state index contributed by atoms with van der Waals surface area (Å²) in [6, 6.07) is 0. The van der Waals surface area contributed by atoms with Crippen molar-refractivity contribution in [2.75, 3.05) is 0 Å². The van der Waals surface area contributed by atoms with Gasteiger partial charge in [0, 0.05) is 0 Å². The van der Waals surface area contributed by atoms with Gasteiger partial charge in [-0.15, -0.1) is 12.8 Å². The molecular weight excluding hydrogens is 320 g/mol. The summed E-state index contributed by atoms with van der Waals surface area (Å²) in [6.07, 6.45) is 22.3. The molecule has 0 saturated heterocycles. The zero-order chi connectivity index (χ0) is 19.9. The van der Waals surface area contributed by atoms with Crippen LogP contribution < -0.4 is 0 Å². The first kappa shape index (κ1) is 24.5. The van der Waals surface area contributed by atoms with Gasteiger partial charge in [0.15, 0.2) is 0 Å². The minimum atomic E-state index is -0.432.